The first-order valence-corrected chi connectivity index (χ1v) is 14.3. The van der Waals surface area contributed by atoms with Crippen LogP contribution in [0.2, 0.25) is 0 Å². The van der Waals surface area contributed by atoms with Gasteiger partial charge in [-0.05, 0) is 35.7 Å². The van der Waals surface area contributed by atoms with Crippen LogP contribution in [0.1, 0.15) is 45.8 Å². The number of hydrogen-bond acceptors (Lipinski definition) is 6. The van der Waals surface area contributed by atoms with Crippen molar-refractivity contribution in [3.05, 3.63) is 129 Å². The van der Waals surface area contributed by atoms with Crippen LogP contribution in [-0.4, -0.2) is 46.5 Å². The number of ether oxygens (including phenoxy) is 1. The van der Waals surface area contributed by atoms with Gasteiger partial charge in [0, 0.05) is 38.9 Å². The molecule has 0 atom stereocenters. The number of methoxy groups -OCH3 is 1. The Morgan fingerprint density at radius 2 is 1.62 bits per heavy atom. The smallest absolute Gasteiger partial charge is 0.309 e. The van der Waals surface area contributed by atoms with E-state index in [4.69, 9.17) is 9.72 Å². The van der Waals surface area contributed by atoms with Gasteiger partial charge in [0.25, 0.3) is 5.56 Å². The van der Waals surface area contributed by atoms with E-state index in [9.17, 15) is 14.4 Å². The average Bonchev–Trinajstić information content (AvgIpc) is 3.01. The summed E-state index contributed by atoms with van der Waals surface area (Å²) >= 11 is 0. The van der Waals surface area contributed by atoms with Crippen LogP contribution in [0.3, 0.4) is 0 Å². The Hall–Kier alpha value is -4.56. The number of para-hydroxylation sites is 1. The maximum Gasteiger partial charge on any atom is 0.309 e. The molecule has 1 aliphatic heterocycles. The standard InChI is InChI=1S/C34H36N4O4/c1-24-8-10-25(11-9-24)20-31-36-30-17-19-37(23-29(30)34(41)38(31)28-6-4-3-5-7-28)32(39)16-18-35-22-27-14-12-26(13-15-27)21-33(40)42-2/h3-15,35H,16-23H2,1-2H3. The normalized spacial score (nSPS) is 12.6. The summed E-state index contributed by atoms with van der Waals surface area (Å²) in [4.78, 5) is 45.2. The van der Waals surface area contributed by atoms with Gasteiger partial charge in [-0.25, -0.2) is 4.98 Å². The minimum absolute atomic E-state index is 0.0102. The molecule has 1 N–H and O–H groups in total. The second-order valence-electron chi connectivity index (χ2n) is 10.7. The second kappa shape index (κ2) is 13.4. The van der Waals surface area contributed by atoms with Crippen LogP contribution in [0, 0.1) is 6.92 Å². The summed E-state index contributed by atoms with van der Waals surface area (Å²) in [5.74, 6) is 0.448. The molecule has 216 valence electrons. The number of carbonyl (C=O) groups excluding carboxylic acids is 2. The molecule has 0 spiro atoms. The molecule has 3 aromatic carbocycles. The van der Waals surface area contributed by atoms with Crippen molar-refractivity contribution in [2.24, 2.45) is 0 Å². The molecule has 0 bridgehead atoms. The molecule has 1 aromatic heterocycles. The van der Waals surface area contributed by atoms with E-state index in [0.717, 1.165) is 28.1 Å². The van der Waals surface area contributed by atoms with Gasteiger partial charge >= 0.3 is 5.97 Å². The minimum atomic E-state index is -0.267. The molecule has 4 aromatic rings. The highest BCUT2D eigenvalue weighted by Gasteiger charge is 2.26. The van der Waals surface area contributed by atoms with Gasteiger partial charge in [-0.2, -0.15) is 0 Å². The van der Waals surface area contributed by atoms with Crippen molar-refractivity contribution in [3.63, 3.8) is 0 Å². The molecular formula is C34H36N4O4. The average molecular weight is 565 g/mol. The summed E-state index contributed by atoms with van der Waals surface area (Å²) in [6.45, 7) is 4.00. The Labute approximate surface area is 246 Å². The third-order valence-electron chi connectivity index (χ3n) is 7.59. The monoisotopic (exact) mass is 564 g/mol. The van der Waals surface area contributed by atoms with Gasteiger partial charge in [0.2, 0.25) is 5.91 Å². The summed E-state index contributed by atoms with van der Waals surface area (Å²) in [5, 5.41) is 3.32. The molecule has 0 saturated heterocycles. The van der Waals surface area contributed by atoms with Crippen LogP contribution < -0.4 is 10.9 Å². The Kier molecular flexibility index (Phi) is 9.24. The summed E-state index contributed by atoms with van der Waals surface area (Å²) in [6.07, 6.45) is 1.68. The van der Waals surface area contributed by atoms with Crippen LogP contribution in [0.15, 0.2) is 83.7 Å². The number of hydrogen-bond donors (Lipinski definition) is 1. The number of esters is 1. The maximum absolute atomic E-state index is 13.9. The van der Waals surface area contributed by atoms with Crippen LogP contribution in [-0.2, 0) is 46.7 Å². The zero-order valence-corrected chi connectivity index (χ0v) is 24.1. The molecule has 42 heavy (non-hydrogen) atoms. The predicted octanol–water partition coefficient (Wildman–Crippen LogP) is 3.91. The molecule has 1 amide bonds. The van der Waals surface area contributed by atoms with E-state index < -0.39 is 0 Å². The number of amides is 1. The topological polar surface area (TPSA) is 93.5 Å². The number of rotatable bonds is 10. The zero-order valence-electron chi connectivity index (χ0n) is 24.1. The first-order chi connectivity index (χ1) is 20.4. The molecule has 8 nitrogen and oxygen atoms in total. The molecule has 0 unspecified atom stereocenters. The van der Waals surface area contributed by atoms with Crippen LogP contribution in [0.5, 0.6) is 0 Å². The second-order valence-corrected chi connectivity index (χ2v) is 10.7. The van der Waals surface area contributed by atoms with Crippen LogP contribution >= 0.6 is 0 Å². The van der Waals surface area contributed by atoms with Gasteiger partial charge in [0.05, 0.1) is 37.0 Å². The Bertz CT molecular complexity index is 1600. The lowest BCUT2D eigenvalue weighted by atomic mass is 10.0. The Balaban J connectivity index is 1.24. The van der Waals surface area contributed by atoms with Gasteiger partial charge in [0.15, 0.2) is 0 Å². The number of fused-ring (bicyclic) bond motifs is 1. The third-order valence-corrected chi connectivity index (χ3v) is 7.59. The highest BCUT2D eigenvalue weighted by Crippen LogP contribution is 2.20. The van der Waals surface area contributed by atoms with Gasteiger partial charge in [0.1, 0.15) is 5.82 Å². The zero-order chi connectivity index (χ0) is 29.5. The fourth-order valence-electron chi connectivity index (χ4n) is 5.19. The van der Waals surface area contributed by atoms with E-state index in [1.807, 2.05) is 54.6 Å². The first kappa shape index (κ1) is 29.0. The van der Waals surface area contributed by atoms with E-state index in [2.05, 4.69) is 36.5 Å². The Morgan fingerprint density at radius 1 is 0.929 bits per heavy atom. The number of aromatic nitrogens is 2. The van der Waals surface area contributed by atoms with E-state index in [1.165, 1.54) is 12.7 Å². The van der Waals surface area contributed by atoms with Crippen molar-refractivity contribution in [1.82, 2.24) is 19.8 Å². The number of aryl methyl sites for hydroxylation is 1. The van der Waals surface area contributed by atoms with Gasteiger partial charge in [-0.15, -0.1) is 0 Å². The molecule has 5 rings (SSSR count). The number of nitrogens with one attached hydrogen (secondary N) is 1. The minimum Gasteiger partial charge on any atom is -0.469 e. The van der Waals surface area contributed by atoms with Gasteiger partial charge in [-0.3, -0.25) is 19.0 Å². The van der Waals surface area contributed by atoms with Crippen LogP contribution in [0.25, 0.3) is 5.69 Å². The lowest BCUT2D eigenvalue weighted by molar-refractivity contribution is -0.139. The summed E-state index contributed by atoms with van der Waals surface area (Å²) < 4.78 is 6.41. The summed E-state index contributed by atoms with van der Waals surface area (Å²) in [7, 11) is 1.38. The largest absolute Gasteiger partial charge is 0.469 e. The molecule has 1 aliphatic rings. The van der Waals surface area contributed by atoms with Crippen LogP contribution in [0.4, 0.5) is 0 Å². The van der Waals surface area contributed by atoms with E-state index in [1.54, 1.807) is 9.47 Å². The Morgan fingerprint density at radius 3 is 2.33 bits per heavy atom. The SMILES string of the molecule is COC(=O)Cc1ccc(CNCCC(=O)N2CCc3nc(Cc4ccc(C)cc4)n(-c4ccccc4)c(=O)c3C2)cc1. The van der Waals surface area contributed by atoms with Crippen molar-refractivity contribution in [1.29, 1.82) is 0 Å². The molecular weight excluding hydrogens is 528 g/mol. The quantitative estimate of drug-likeness (QED) is 0.232. The van der Waals surface area contributed by atoms with E-state index in [0.29, 0.717) is 50.3 Å². The molecule has 0 radical (unpaired) electrons. The third kappa shape index (κ3) is 7.01. The fraction of sp³-hybridized carbons (Fsp3) is 0.294. The lowest BCUT2D eigenvalue weighted by Crippen LogP contribution is -2.42. The lowest BCUT2D eigenvalue weighted by Gasteiger charge is -2.29. The maximum atomic E-state index is 13.9. The molecule has 2 heterocycles. The van der Waals surface area contributed by atoms with Gasteiger partial charge < -0.3 is 15.0 Å². The number of carbonyl (C=O) groups is 2. The van der Waals surface area contributed by atoms with Crippen molar-refractivity contribution in [3.8, 4) is 5.69 Å². The van der Waals surface area contributed by atoms with E-state index >= 15 is 0 Å². The summed E-state index contributed by atoms with van der Waals surface area (Å²) in [6, 6.07) is 25.6. The highest BCUT2D eigenvalue weighted by atomic mass is 16.5. The number of benzene rings is 3. The van der Waals surface area contributed by atoms with Crippen molar-refractivity contribution in [2.75, 3.05) is 20.2 Å². The molecule has 8 heteroatoms. The fourth-order valence-corrected chi connectivity index (χ4v) is 5.19. The van der Waals surface area contributed by atoms with Gasteiger partial charge in [-0.1, -0.05) is 72.3 Å². The molecule has 0 aliphatic carbocycles. The van der Waals surface area contributed by atoms with E-state index in [-0.39, 0.29) is 30.4 Å². The molecule has 0 fully saturated rings. The van der Waals surface area contributed by atoms with Crippen molar-refractivity contribution < 1.29 is 14.3 Å². The molecule has 0 saturated carbocycles. The predicted molar refractivity (Wildman–Crippen MR) is 161 cm³/mol. The van der Waals surface area contributed by atoms with Crippen molar-refractivity contribution >= 4 is 11.9 Å². The summed E-state index contributed by atoms with van der Waals surface area (Å²) in [5.41, 5.74) is 6.27. The highest BCUT2D eigenvalue weighted by molar-refractivity contribution is 5.76. The first-order valence-electron chi connectivity index (χ1n) is 14.3. The van der Waals surface area contributed by atoms with Crippen molar-refractivity contribution in [2.45, 2.75) is 45.7 Å². The number of nitrogens with zero attached hydrogens (tertiary/aromatic N) is 3.